The van der Waals surface area contributed by atoms with E-state index in [1.54, 1.807) is 44.2 Å². The van der Waals surface area contributed by atoms with Crippen LogP contribution in [-0.2, 0) is 9.59 Å². The summed E-state index contributed by atoms with van der Waals surface area (Å²) in [6.07, 6.45) is 0. The molecule has 10 heteroatoms. The van der Waals surface area contributed by atoms with Gasteiger partial charge in [-0.2, -0.15) is 0 Å². The average molecular weight is 496 g/mol. The van der Waals surface area contributed by atoms with E-state index in [9.17, 15) is 14.4 Å². The fourth-order valence-corrected chi connectivity index (χ4v) is 4.17. The molecule has 2 aromatic rings. The molecule has 1 unspecified atom stereocenters. The Hall–Kier alpha value is -2.59. The Morgan fingerprint density at radius 1 is 1.17 bits per heavy atom. The second-order valence-corrected chi connectivity index (χ2v) is 9.02. The maximum absolute atomic E-state index is 12.7. The summed E-state index contributed by atoms with van der Waals surface area (Å²) in [6.45, 7) is 4.52. The fourth-order valence-electron chi connectivity index (χ4n) is 2.88. The molecule has 0 radical (unpaired) electrons. The van der Waals surface area contributed by atoms with Crippen molar-refractivity contribution in [3.05, 3.63) is 39.0 Å². The predicted molar refractivity (Wildman–Crippen MR) is 117 cm³/mol. The largest absolute Gasteiger partial charge is 0.486 e. The van der Waals surface area contributed by atoms with Gasteiger partial charge in [0.25, 0.3) is 5.91 Å². The molecule has 0 saturated carbocycles. The number of benzene rings is 1. The zero-order chi connectivity index (χ0) is 21.7. The van der Waals surface area contributed by atoms with Crippen molar-refractivity contribution < 1.29 is 23.9 Å². The number of carbonyl (C=O) groups excluding carboxylic acids is 3. The second kappa shape index (κ2) is 9.94. The summed E-state index contributed by atoms with van der Waals surface area (Å²) in [5.41, 5.74) is 0.553. The Bertz CT molecular complexity index is 948. The zero-order valence-electron chi connectivity index (χ0n) is 16.6. The third-order valence-electron chi connectivity index (χ3n) is 4.37. The molecule has 0 spiro atoms. The van der Waals surface area contributed by atoms with Gasteiger partial charge in [-0.15, -0.1) is 11.3 Å². The van der Waals surface area contributed by atoms with Gasteiger partial charge in [0.2, 0.25) is 11.8 Å². The molecular weight excluding hydrogens is 474 g/mol. The lowest BCUT2D eigenvalue weighted by Gasteiger charge is -2.24. The maximum Gasteiger partial charge on any atom is 0.262 e. The van der Waals surface area contributed by atoms with Gasteiger partial charge in [-0.1, -0.05) is 0 Å². The number of amides is 3. The van der Waals surface area contributed by atoms with Gasteiger partial charge in [0.15, 0.2) is 11.5 Å². The van der Waals surface area contributed by atoms with E-state index in [0.29, 0.717) is 41.8 Å². The molecule has 2 heterocycles. The van der Waals surface area contributed by atoms with Gasteiger partial charge in [0.1, 0.15) is 19.3 Å². The molecule has 1 aliphatic heterocycles. The lowest BCUT2D eigenvalue weighted by Crippen LogP contribution is -2.48. The van der Waals surface area contributed by atoms with Crippen LogP contribution in [0.5, 0.6) is 11.5 Å². The zero-order valence-corrected chi connectivity index (χ0v) is 19.0. The van der Waals surface area contributed by atoms with Crippen LogP contribution >= 0.6 is 27.3 Å². The average Bonchev–Trinajstić information content (AvgIpc) is 3.17. The smallest absolute Gasteiger partial charge is 0.262 e. The van der Waals surface area contributed by atoms with E-state index >= 15 is 0 Å². The highest BCUT2D eigenvalue weighted by molar-refractivity contribution is 9.11. The fraction of sp³-hybridized carbons (Fsp3) is 0.350. The molecule has 1 atom stereocenters. The number of hydrogen-bond donors (Lipinski definition) is 2. The van der Waals surface area contributed by atoms with Gasteiger partial charge in [-0.05, 0) is 54.0 Å². The van der Waals surface area contributed by atoms with E-state index in [1.807, 2.05) is 0 Å². The second-order valence-electron chi connectivity index (χ2n) is 6.56. The number of anilines is 1. The standard InChI is InChI=1S/C20H22BrN3O5S/c1-3-24(20(27)12(2)22-19(26)16-6-7-17(21)30-16)11-18(25)23-13-4-5-14-15(10-13)29-9-8-28-14/h4-7,10,12H,3,8-9,11H2,1-2H3,(H,22,26)(H,23,25). The van der Waals surface area contributed by atoms with E-state index < -0.39 is 6.04 Å². The molecule has 1 aromatic heterocycles. The van der Waals surface area contributed by atoms with Crippen molar-refractivity contribution in [3.8, 4) is 11.5 Å². The molecule has 160 valence electrons. The molecule has 1 aromatic carbocycles. The van der Waals surface area contributed by atoms with E-state index in [0.717, 1.165) is 3.79 Å². The third kappa shape index (κ3) is 5.51. The van der Waals surface area contributed by atoms with Crippen molar-refractivity contribution in [2.45, 2.75) is 19.9 Å². The van der Waals surface area contributed by atoms with Crippen LogP contribution in [0.3, 0.4) is 0 Å². The summed E-state index contributed by atoms with van der Waals surface area (Å²) in [7, 11) is 0. The number of hydrogen-bond acceptors (Lipinski definition) is 6. The summed E-state index contributed by atoms with van der Waals surface area (Å²) < 4.78 is 11.8. The van der Waals surface area contributed by atoms with Crippen molar-refractivity contribution in [3.63, 3.8) is 0 Å². The number of fused-ring (bicyclic) bond motifs is 1. The molecule has 1 aliphatic rings. The van der Waals surface area contributed by atoms with Gasteiger partial charge in [-0.3, -0.25) is 14.4 Å². The molecule has 0 fully saturated rings. The normalized spacial score (nSPS) is 13.3. The van der Waals surface area contributed by atoms with Gasteiger partial charge in [0.05, 0.1) is 15.2 Å². The number of carbonyl (C=O) groups is 3. The highest BCUT2D eigenvalue weighted by Gasteiger charge is 2.24. The molecule has 0 saturated heterocycles. The Labute approximate surface area is 186 Å². The summed E-state index contributed by atoms with van der Waals surface area (Å²) >= 11 is 4.59. The maximum atomic E-state index is 12.7. The van der Waals surface area contributed by atoms with Crippen LogP contribution in [0.2, 0.25) is 0 Å². The minimum Gasteiger partial charge on any atom is -0.486 e. The molecule has 3 amide bonds. The van der Waals surface area contributed by atoms with Crippen molar-refractivity contribution in [2.75, 3.05) is 31.6 Å². The van der Waals surface area contributed by atoms with Crippen LogP contribution in [-0.4, -0.2) is 55.0 Å². The van der Waals surface area contributed by atoms with Crippen LogP contribution in [0.15, 0.2) is 34.1 Å². The van der Waals surface area contributed by atoms with Gasteiger partial charge < -0.3 is 25.0 Å². The quantitative estimate of drug-likeness (QED) is 0.615. The molecule has 30 heavy (non-hydrogen) atoms. The van der Waals surface area contributed by atoms with Crippen LogP contribution in [0.4, 0.5) is 5.69 Å². The van der Waals surface area contributed by atoms with Crippen LogP contribution in [0.25, 0.3) is 0 Å². The van der Waals surface area contributed by atoms with E-state index in [1.165, 1.54) is 16.2 Å². The summed E-state index contributed by atoms with van der Waals surface area (Å²) in [5, 5.41) is 5.44. The molecule has 0 bridgehead atoms. The Kier molecular flexibility index (Phi) is 7.33. The van der Waals surface area contributed by atoms with Gasteiger partial charge in [0, 0.05) is 18.3 Å². The van der Waals surface area contributed by atoms with Crippen molar-refractivity contribution in [1.82, 2.24) is 10.2 Å². The van der Waals surface area contributed by atoms with Crippen LogP contribution in [0.1, 0.15) is 23.5 Å². The topological polar surface area (TPSA) is 97.0 Å². The highest BCUT2D eigenvalue weighted by Crippen LogP contribution is 2.32. The number of ether oxygens (including phenoxy) is 2. The first-order valence-electron chi connectivity index (χ1n) is 9.42. The number of rotatable bonds is 7. The molecule has 8 nitrogen and oxygen atoms in total. The Morgan fingerprint density at radius 2 is 1.90 bits per heavy atom. The molecular formula is C20H22BrN3O5S. The number of thiophene rings is 1. The number of halogens is 1. The number of nitrogens with one attached hydrogen (secondary N) is 2. The molecule has 0 aliphatic carbocycles. The van der Waals surface area contributed by atoms with Crippen molar-refractivity contribution in [2.24, 2.45) is 0 Å². The first-order chi connectivity index (χ1) is 14.4. The summed E-state index contributed by atoms with van der Waals surface area (Å²) in [4.78, 5) is 39.3. The first kappa shape index (κ1) is 22.1. The van der Waals surface area contributed by atoms with Crippen LogP contribution in [0, 0.1) is 0 Å². The minimum atomic E-state index is -0.764. The van der Waals surface area contributed by atoms with Crippen molar-refractivity contribution >= 4 is 50.7 Å². The lowest BCUT2D eigenvalue weighted by molar-refractivity contribution is -0.135. The first-order valence-corrected chi connectivity index (χ1v) is 11.0. The lowest BCUT2D eigenvalue weighted by atomic mass is 10.2. The summed E-state index contributed by atoms with van der Waals surface area (Å²) in [6, 6.07) is 7.82. The monoisotopic (exact) mass is 495 g/mol. The Morgan fingerprint density at radius 3 is 2.57 bits per heavy atom. The van der Waals surface area contributed by atoms with Gasteiger partial charge >= 0.3 is 0 Å². The van der Waals surface area contributed by atoms with E-state index in [-0.39, 0.29) is 24.3 Å². The summed E-state index contributed by atoms with van der Waals surface area (Å²) in [5.74, 6) is 0.190. The van der Waals surface area contributed by atoms with Crippen molar-refractivity contribution in [1.29, 1.82) is 0 Å². The molecule has 2 N–H and O–H groups in total. The molecule has 3 rings (SSSR count). The third-order valence-corrected chi connectivity index (χ3v) is 5.99. The van der Waals surface area contributed by atoms with E-state index in [2.05, 4.69) is 26.6 Å². The van der Waals surface area contributed by atoms with Gasteiger partial charge in [-0.25, -0.2) is 0 Å². The Balaban J connectivity index is 1.56. The van der Waals surface area contributed by atoms with E-state index in [4.69, 9.17) is 9.47 Å². The SMILES string of the molecule is CCN(CC(=O)Nc1ccc2c(c1)OCCO2)C(=O)C(C)NC(=O)c1ccc(Br)s1. The van der Waals surface area contributed by atoms with Crippen LogP contribution < -0.4 is 20.1 Å². The number of likely N-dealkylation sites (N-methyl/N-ethyl adjacent to an activating group) is 1. The number of nitrogens with zero attached hydrogens (tertiary/aromatic N) is 1. The minimum absolute atomic E-state index is 0.130. The highest BCUT2D eigenvalue weighted by atomic mass is 79.9. The predicted octanol–water partition coefficient (Wildman–Crippen LogP) is 2.89.